The Labute approximate surface area is 132 Å². The predicted octanol–water partition coefficient (Wildman–Crippen LogP) is 1.97. The lowest BCUT2D eigenvalue weighted by Crippen LogP contribution is -2.55. The van der Waals surface area contributed by atoms with Gasteiger partial charge in [-0.3, -0.25) is 4.90 Å². The molecule has 3 aliphatic heterocycles. The van der Waals surface area contributed by atoms with Crippen LogP contribution < -0.4 is 14.5 Å². The fraction of sp³-hybridized carbons (Fsp3) is 0.706. The number of nitrogens with zero attached hydrogens (tertiary/aromatic N) is 4. The molecule has 22 heavy (non-hydrogen) atoms. The van der Waals surface area contributed by atoms with Crippen LogP contribution in [-0.2, 0) is 0 Å². The number of piperazine rings is 1. The smallest absolute Gasteiger partial charge is 0.171 e. The van der Waals surface area contributed by atoms with Gasteiger partial charge in [0, 0.05) is 57.3 Å². The summed E-state index contributed by atoms with van der Waals surface area (Å²) in [5, 5.41) is 0. The fourth-order valence-electron chi connectivity index (χ4n) is 3.68. The minimum Gasteiger partial charge on any atom is -0.490 e. The van der Waals surface area contributed by atoms with Gasteiger partial charge in [0.2, 0.25) is 0 Å². The molecular formula is C17H26N4O. The van der Waals surface area contributed by atoms with E-state index < -0.39 is 0 Å². The Bertz CT molecular complexity index is 543. The second-order valence-corrected chi connectivity index (χ2v) is 6.93. The van der Waals surface area contributed by atoms with E-state index >= 15 is 0 Å². The average molecular weight is 302 g/mol. The molecule has 120 valence electrons. The van der Waals surface area contributed by atoms with Gasteiger partial charge in [0.05, 0.1) is 18.5 Å². The van der Waals surface area contributed by atoms with E-state index in [1.807, 2.05) is 6.20 Å². The van der Waals surface area contributed by atoms with Gasteiger partial charge in [-0.1, -0.05) is 0 Å². The number of ether oxygens (including phenoxy) is 1. The summed E-state index contributed by atoms with van der Waals surface area (Å²) < 4.78 is 6.05. The van der Waals surface area contributed by atoms with Crippen molar-refractivity contribution >= 4 is 11.5 Å². The molecule has 2 saturated heterocycles. The van der Waals surface area contributed by atoms with Crippen LogP contribution in [0.25, 0.3) is 0 Å². The van der Waals surface area contributed by atoms with Crippen LogP contribution in [0.4, 0.5) is 11.5 Å². The summed E-state index contributed by atoms with van der Waals surface area (Å²) in [4.78, 5) is 12.2. The molecule has 3 aliphatic rings. The lowest BCUT2D eigenvalue weighted by atomic mass is 10.1. The third kappa shape index (κ3) is 2.41. The SMILES string of the molecule is CC(C)N1CCN2c3ncc(N4CCC4)cc3OCCC2C1. The quantitative estimate of drug-likeness (QED) is 0.834. The van der Waals surface area contributed by atoms with Crippen LogP contribution in [-0.4, -0.2) is 61.3 Å². The van der Waals surface area contributed by atoms with Crippen LogP contribution in [0.2, 0.25) is 0 Å². The number of rotatable bonds is 2. The molecule has 1 unspecified atom stereocenters. The number of aromatic nitrogens is 1. The van der Waals surface area contributed by atoms with E-state index in [1.54, 1.807) is 0 Å². The molecule has 0 aromatic carbocycles. The summed E-state index contributed by atoms with van der Waals surface area (Å²) in [5.74, 6) is 2.03. The van der Waals surface area contributed by atoms with E-state index in [0.717, 1.165) is 57.3 Å². The molecule has 0 radical (unpaired) electrons. The highest BCUT2D eigenvalue weighted by Crippen LogP contribution is 2.36. The van der Waals surface area contributed by atoms with Gasteiger partial charge in [0.1, 0.15) is 0 Å². The monoisotopic (exact) mass is 302 g/mol. The first-order chi connectivity index (χ1) is 10.7. The zero-order valence-corrected chi connectivity index (χ0v) is 13.7. The molecule has 4 rings (SSSR count). The van der Waals surface area contributed by atoms with E-state index in [1.165, 1.54) is 12.1 Å². The van der Waals surface area contributed by atoms with E-state index in [0.29, 0.717) is 12.1 Å². The largest absolute Gasteiger partial charge is 0.490 e. The van der Waals surface area contributed by atoms with Crippen molar-refractivity contribution in [3.05, 3.63) is 12.3 Å². The summed E-state index contributed by atoms with van der Waals surface area (Å²) in [5.41, 5.74) is 1.21. The maximum atomic E-state index is 6.05. The van der Waals surface area contributed by atoms with Gasteiger partial charge in [0.15, 0.2) is 11.6 Å². The van der Waals surface area contributed by atoms with E-state index in [4.69, 9.17) is 9.72 Å². The summed E-state index contributed by atoms with van der Waals surface area (Å²) in [6.45, 7) is 11.0. The fourth-order valence-corrected chi connectivity index (χ4v) is 3.68. The van der Waals surface area contributed by atoms with E-state index in [9.17, 15) is 0 Å². The lowest BCUT2D eigenvalue weighted by molar-refractivity contribution is 0.172. The third-order valence-corrected chi connectivity index (χ3v) is 5.26. The molecule has 1 atom stereocenters. The number of hydrogen-bond donors (Lipinski definition) is 0. The first-order valence-electron chi connectivity index (χ1n) is 8.61. The first kappa shape index (κ1) is 14.1. The minimum atomic E-state index is 0.528. The van der Waals surface area contributed by atoms with Crippen LogP contribution in [0, 0.1) is 0 Å². The van der Waals surface area contributed by atoms with Crippen LogP contribution in [0.5, 0.6) is 5.75 Å². The number of hydrogen-bond acceptors (Lipinski definition) is 5. The Morgan fingerprint density at radius 3 is 2.82 bits per heavy atom. The second kappa shape index (κ2) is 5.61. The molecule has 0 aliphatic carbocycles. The van der Waals surface area contributed by atoms with Gasteiger partial charge in [0.25, 0.3) is 0 Å². The van der Waals surface area contributed by atoms with Crippen LogP contribution in [0.15, 0.2) is 12.3 Å². The normalized spacial score (nSPS) is 25.1. The maximum absolute atomic E-state index is 6.05. The van der Waals surface area contributed by atoms with Gasteiger partial charge in [-0.15, -0.1) is 0 Å². The molecule has 0 bridgehead atoms. The Kier molecular flexibility index (Phi) is 3.60. The lowest BCUT2D eigenvalue weighted by Gasteiger charge is -2.43. The number of anilines is 2. The highest BCUT2D eigenvalue weighted by atomic mass is 16.5. The van der Waals surface area contributed by atoms with Gasteiger partial charge in [-0.05, 0) is 20.3 Å². The Hall–Kier alpha value is -1.49. The zero-order chi connectivity index (χ0) is 15.1. The highest BCUT2D eigenvalue weighted by Gasteiger charge is 2.33. The molecule has 5 nitrogen and oxygen atoms in total. The second-order valence-electron chi connectivity index (χ2n) is 6.93. The van der Waals surface area contributed by atoms with Crippen molar-refractivity contribution in [3.8, 4) is 5.75 Å². The summed E-state index contributed by atoms with van der Waals surface area (Å²) in [6.07, 6.45) is 4.40. The number of pyridine rings is 1. The van der Waals surface area contributed by atoms with Crippen LogP contribution in [0.3, 0.4) is 0 Å². The predicted molar refractivity (Wildman–Crippen MR) is 89.0 cm³/mol. The molecular weight excluding hydrogens is 276 g/mol. The molecule has 1 aromatic rings. The zero-order valence-electron chi connectivity index (χ0n) is 13.7. The van der Waals surface area contributed by atoms with Crippen molar-refractivity contribution in [1.82, 2.24) is 9.88 Å². The molecule has 2 fully saturated rings. The van der Waals surface area contributed by atoms with Gasteiger partial charge in [-0.2, -0.15) is 0 Å². The molecule has 0 saturated carbocycles. The van der Waals surface area contributed by atoms with Crippen molar-refractivity contribution in [1.29, 1.82) is 0 Å². The number of fused-ring (bicyclic) bond motifs is 3. The first-order valence-corrected chi connectivity index (χ1v) is 8.61. The van der Waals surface area contributed by atoms with Crippen LogP contribution in [0.1, 0.15) is 26.7 Å². The summed E-state index contributed by atoms with van der Waals surface area (Å²) >= 11 is 0. The molecule has 0 spiro atoms. The van der Waals surface area contributed by atoms with Crippen molar-refractivity contribution in [2.45, 2.75) is 38.8 Å². The molecule has 1 aromatic heterocycles. The van der Waals surface area contributed by atoms with Crippen molar-refractivity contribution in [3.63, 3.8) is 0 Å². The summed E-state index contributed by atoms with van der Waals surface area (Å²) in [6, 6.07) is 3.34. The van der Waals surface area contributed by atoms with Crippen molar-refractivity contribution in [2.24, 2.45) is 0 Å². The molecule has 4 heterocycles. The average Bonchev–Trinajstić information content (AvgIpc) is 2.63. The topological polar surface area (TPSA) is 31.8 Å². The summed E-state index contributed by atoms with van der Waals surface area (Å²) in [7, 11) is 0. The highest BCUT2D eigenvalue weighted by molar-refractivity contribution is 5.62. The molecule has 5 heteroatoms. The van der Waals surface area contributed by atoms with Gasteiger partial charge < -0.3 is 14.5 Å². The Balaban J connectivity index is 1.59. The molecule has 0 N–H and O–H groups in total. The van der Waals surface area contributed by atoms with Crippen LogP contribution >= 0.6 is 0 Å². The Morgan fingerprint density at radius 1 is 1.23 bits per heavy atom. The van der Waals surface area contributed by atoms with Crippen molar-refractivity contribution in [2.75, 3.05) is 49.1 Å². The third-order valence-electron chi connectivity index (χ3n) is 5.26. The van der Waals surface area contributed by atoms with E-state index in [-0.39, 0.29) is 0 Å². The Morgan fingerprint density at radius 2 is 2.09 bits per heavy atom. The van der Waals surface area contributed by atoms with Crippen molar-refractivity contribution < 1.29 is 4.74 Å². The standard InChI is InChI=1S/C17H26N4O/c1-13(2)20-7-8-21-14(12-20)4-9-22-16-10-15(11-18-17(16)21)19-5-3-6-19/h10-11,13-14H,3-9,12H2,1-2H3. The van der Waals surface area contributed by atoms with Gasteiger partial charge in [-0.25, -0.2) is 4.98 Å². The van der Waals surface area contributed by atoms with Gasteiger partial charge >= 0.3 is 0 Å². The maximum Gasteiger partial charge on any atom is 0.171 e. The van der Waals surface area contributed by atoms with E-state index in [2.05, 4.69) is 34.6 Å². The minimum absolute atomic E-state index is 0.528. The molecule has 0 amide bonds.